The summed E-state index contributed by atoms with van der Waals surface area (Å²) in [6.45, 7) is 7.46. The maximum absolute atomic E-state index is 5.56. The Balaban J connectivity index is 1.75. The third kappa shape index (κ3) is 3.33. The molecule has 3 rings (SSSR count). The van der Waals surface area contributed by atoms with Crippen LogP contribution in [-0.2, 0) is 0 Å². The molecule has 1 saturated heterocycles. The third-order valence-electron chi connectivity index (χ3n) is 4.37. The average Bonchev–Trinajstić information content (AvgIpc) is 3.29. The van der Waals surface area contributed by atoms with Crippen LogP contribution in [0.2, 0.25) is 0 Å². The summed E-state index contributed by atoms with van der Waals surface area (Å²) in [6, 6.07) is 9.42. The standard InChI is InChI=1S/C17H26N2O/c1-2-20-16-8-6-15(7-9-16)17(14-4-5-14)19-12-3-10-18-11-13-19/h6-9,14,17-18H,2-5,10-13H2,1H3. The van der Waals surface area contributed by atoms with E-state index in [1.54, 1.807) is 0 Å². The van der Waals surface area contributed by atoms with Gasteiger partial charge in [-0.25, -0.2) is 0 Å². The fourth-order valence-corrected chi connectivity index (χ4v) is 3.27. The Labute approximate surface area is 122 Å². The van der Waals surface area contributed by atoms with Gasteiger partial charge < -0.3 is 10.1 Å². The molecule has 1 aromatic rings. The van der Waals surface area contributed by atoms with E-state index in [-0.39, 0.29) is 0 Å². The molecule has 0 aromatic heterocycles. The van der Waals surface area contributed by atoms with Gasteiger partial charge in [-0.1, -0.05) is 12.1 Å². The molecule has 1 unspecified atom stereocenters. The second-order valence-corrected chi connectivity index (χ2v) is 5.92. The number of rotatable bonds is 5. The zero-order valence-corrected chi connectivity index (χ0v) is 12.5. The molecule has 110 valence electrons. The van der Waals surface area contributed by atoms with Crippen molar-refractivity contribution in [3.63, 3.8) is 0 Å². The highest BCUT2D eigenvalue weighted by Gasteiger charge is 2.36. The summed E-state index contributed by atoms with van der Waals surface area (Å²) in [5.41, 5.74) is 1.47. The van der Waals surface area contributed by atoms with E-state index >= 15 is 0 Å². The molecule has 1 atom stereocenters. The van der Waals surface area contributed by atoms with Crippen LogP contribution in [0.3, 0.4) is 0 Å². The Kier molecular flexibility index (Phi) is 4.58. The van der Waals surface area contributed by atoms with Crippen molar-refractivity contribution in [2.24, 2.45) is 5.92 Å². The molecule has 1 N–H and O–H groups in total. The van der Waals surface area contributed by atoms with Gasteiger partial charge in [0.25, 0.3) is 0 Å². The van der Waals surface area contributed by atoms with Crippen LogP contribution < -0.4 is 10.1 Å². The summed E-state index contributed by atoms with van der Waals surface area (Å²) in [7, 11) is 0. The Morgan fingerprint density at radius 1 is 1.20 bits per heavy atom. The predicted molar refractivity (Wildman–Crippen MR) is 82.1 cm³/mol. The number of benzene rings is 1. The van der Waals surface area contributed by atoms with Crippen LogP contribution in [0, 0.1) is 5.92 Å². The molecule has 0 spiro atoms. The largest absolute Gasteiger partial charge is 0.494 e. The summed E-state index contributed by atoms with van der Waals surface area (Å²) < 4.78 is 5.56. The topological polar surface area (TPSA) is 24.5 Å². The summed E-state index contributed by atoms with van der Waals surface area (Å²) in [5, 5.41) is 3.51. The first kappa shape index (κ1) is 13.9. The highest BCUT2D eigenvalue weighted by molar-refractivity contribution is 5.30. The fourth-order valence-electron chi connectivity index (χ4n) is 3.27. The first-order valence-corrected chi connectivity index (χ1v) is 8.06. The van der Waals surface area contributed by atoms with Gasteiger partial charge in [0.05, 0.1) is 6.61 Å². The fraction of sp³-hybridized carbons (Fsp3) is 0.647. The van der Waals surface area contributed by atoms with Crippen LogP contribution in [0.1, 0.15) is 37.8 Å². The molecule has 1 aliphatic carbocycles. The lowest BCUT2D eigenvalue weighted by Crippen LogP contribution is -2.33. The zero-order valence-electron chi connectivity index (χ0n) is 12.5. The molecule has 2 aliphatic rings. The molecule has 0 radical (unpaired) electrons. The summed E-state index contributed by atoms with van der Waals surface area (Å²) in [4.78, 5) is 2.69. The van der Waals surface area contributed by atoms with Crippen LogP contribution in [0.5, 0.6) is 5.75 Å². The molecule has 3 heteroatoms. The van der Waals surface area contributed by atoms with Crippen LogP contribution >= 0.6 is 0 Å². The van der Waals surface area contributed by atoms with Gasteiger partial charge in [0.2, 0.25) is 0 Å². The van der Waals surface area contributed by atoms with Gasteiger partial charge >= 0.3 is 0 Å². The van der Waals surface area contributed by atoms with E-state index in [0.717, 1.165) is 31.4 Å². The van der Waals surface area contributed by atoms with Crippen LogP contribution in [-0.4, -0.2) is 37.7 Å². The van der Waals surface area contributed by atoms with Crippen LogP contribution in [0.15, 0.2) is 24.3 Å². The molecular weight excluding hydrogens is 248 g/mol. The number of nitrogens with zero attached hydrogens (tertiary/aromatic N) is 1. The molecule has 1 saturated carbocycles. The Morgan fingerprint density at radius 2 is 2.00 bits per heavy atom. The molecule has 1 heterocycles. The van der Waals surface area contributed by atoms with E-state index in [1.165, 1.54) is 37.9 Å². The van der Waals surface area contributed by atoms with Gasteiger partial charge in [-0.2, -0.15) is 0 Å². The van der Waals surface area contributed by atoms with Crippen molar-refractivity contribution >= 4 is 0 Å². The smallest absolute Gasteiger partial charge is 0.119 e. The average molecular weight is 274 g/mol. The Morgan fingerprint density at radius 3 is 2.70 bits per heavy atom. The van der Waals surface area contributed by atoms with Gasteiger partial charge in [-0.3, -0.25) is 4.90 Å². The minimum atomic E-state index is 0.616. The van der Waals surface area contributed by atoms with E-state index < -0.39 is 0 Å². The summed E-state index contributed by atoms with van der Waals surface area (Å²) in [5.74, 6) is 1.86. The lowest BCUT2D eigenvalue weighted by Gasteiger charge is -2.31. The molecule has 0 amide bonds. The van der Waals surface area contributed by atoms with E-state index in [9.17, 15) is 0 Å². The van der Waals surface area contributed by atoms with Crippen molar-refractivity contribution in [2.75, 3.05) is 32.8 Å². The maximum atomic E-state index is 5.56. The second kappa shape index (κ2) is 6.59. The molecule has 2 fully saturated rings. The van der Waals surface area contributed by atoms with Crippen molar-refractivity contribution in [1.29, 1.82) is 0 Å². The van der Waals surface area contributed by atoms with Gasteiger partial charge in [0.1, 0.15) is 5.75 Å². The van der Waals surface area contributed by atoms with Crippen molar-refractivity contribution < 1.29 is 4.74 Å². The van der Waals surface area contributed by atoms with Crippen molar-refractivity contribution in [2.45, 2.75) is 32.2 Å². The van der Waals surface area contributed by atoms with E-state index in [4.69, 9.17) is 4.74 Å². The molecule has 1 aromatic carbocycles. The third-order valence-corrected chi connectivity index (χ3v) is 4.37. The van der Waals surface area contributed by atoms with Crippen molar-refractivity contribution in [1.82, 2.24) is 10.2 Å². The Hall–Kier alpha value is -1.06. The highest BCUT2D eigenvalue weighted by Crippen LogP contribution is 2.44. The van der Waals surface area contributed by atoms with Crippen molar-refractivity contribution in [3.8, 4) is 5.75 Å². The first-order chi connectivity index (χ1) is 9.88. The van der Waals surface area contributed by atoms with Gasteiger partial charge in [0.15, 0.2) is 0 Å². The molecule has 1 aliphatic heterocycles. The minimum absolute atomic E-state index is 0.616. The maximum Gasteiger partial charge on any atom is 0.119 e. The van der Waals surface area contributed by atoms with Crippen molar-refractivity contribution in [3.05, 3.63) is 29.8 Å². The lowest BCUT2D eigenvalue weighted by atomic mass is 10.00. The Bertz CT molecular complexity index is 406. The van der Waals surface area contributed by atoms with Crippen LogP contribution in [0.4, 0.5) is 0 Å². The van der Waals surface area contributed by atoms with E-state index in [0.29, 0.717) is 6.04 Å². The van der Waals surface area contributed by atoms with E-state index in [2.05, 4.69) is 34.5 Å². The van der Waals surface area contributed by atoms with Gasteiger partial charge in [-0.15, -0.1) is 0 Å². The quantitative estimate of drug-likeness (QED) is 0.893. The minimum Gasteiger partial charge on any atom is -0.494 e. The van der Waals surface area contributed by atoms with Gasteiger partial charge in [-0.05, 0) is 56.3 Å². The number of hydrogen-bond donors (Lipinski definition) is 1. The summed E-state index contributed by atoms with van der Waals surface area (Å²) >= 11 is 0. The molecule has 20 heavy (non-hydrogen) atoms. The summed E-state index contributed by atoms with van der Waals surface area (Å²) in [6.07, 6.45) is 4.05. The zero-order chi connectivity index (χ0) is 13.8. The second-order valence-electron chi connectivity index (χ2n) is 5.92. The normalized spacial score (nSPS) is 22.2. The number of ether oxygens (including phenoxy) is 1. The highest BCUT2D eigenvalue weighted by atomic mass is 16.5. The lowest BCUT2D eigenvalue weighted by molar-refractivity contribution is 0.189. The molecule has 0 bridgehead atoms. The predicted octanol–water partition coefficient (Wildman–Crippen LogP) is 2.83. The monoisotopic (exact) mass is 274 g/mol. The SMILES string of the molecule is CCOc1ccc(C(C2CC2)N2CCCNCC2)cc1. The number of nitrogens with one attached hydrogen (secondary N) is 1. The number of hydrogen-bond acceptors (Lipinski definition) is 3. The molecular formula is C17H26N2O. The van der Waals surface area contributed by atoms with Gasteiger partial charge in [0, 0.05) is 25.7 Å². The van der Waals surface area contributed by atoms with E-state index in [1.807, 2.05) is 6.92 Å². The molecule has 3 nitrogen and oxygen atoms in total. The van der Waals surface area contributed by atoms with Crippen LogP contribution in [0.25, 0.3) is 0 Å². The first-order valence-electron chi connectivity index (χ1n) is 8.06.